The minimum absolute atomic E-state index is 0.0593. The number of hydrogen-bond acceptors (Lipinski definition) is 3. The second-order valence-electron chi connectivity index (χ2n) is 6.08. The van der Waals surface area contributed by atoms with Crippen molar-refractivity contribution < 1.29 is 23.8 Å². The smallest absolute Gasteiger partial charge is 0.314 e. The molecule has 1 N–H and O–H groups in total. The molecule has 2 atom stereocenters. The number of rotatable bonds is 3. The molecule has 2 aliphatic heterocycles. The fourth-order valence-electron chi connectivity index (χ4n) is 3.37. The molecule has 2 saturated heterocycles. The molecule has 0 bridgehead atoms. The zero-order valence-electron chi connectivity index (χ0n) is 12.1. The summed E-state index contributed by atoms with van der Waals surface area (Å²) in [6.45, 7) is 1.34. The Kier molecular flexibility index (Phi) is 3.87. The van der Waals surface area contributed by atoms with Crippen LogP contribution >= 0.6 is 0 Å². The Bertz CT molecular complexity index is 588. The zero-order valence-corrected chi connectivity index (χ0v) is 12.1. The lowest BCUT2D eigenvalue weighted by atomic mass is 9.76. The minimum atomic E-state index is -0.975. The third kappa shape index (κ3) is 2.59. The van der Waals surface area contributed by atoms with E-state index in [-0.39, 0.29) is 37.2 Å². The van der Waals surface area contributed by atoms with Gasteiger partial charge in [-0.05, 0) is 30.0 Å². The fourth-order valence-corrected chi connectivity index (χ4v) is 3.37. The number of carboxylic acid groups (broad SMARTS) is 1. The van der Waals surface area contributed by atoms with Gasteiger partial charge in [-0.25, -0.2) is 4.39 Å². The van der Waals surface area contributed by atoms with Crippen LogP contribution in [-0.4, -0.2) is 48.2 Å². The van der Waals surface area contributed by atoms with E-state index in [9.17, 15) is 19.1 Å². The van der Waals surface area contributed by atoms with Crippen molar-refractivity contribution in [1.29, 1.82) is 0 Å². The third-order valence-corrected chi connectivity index (χ3v) is 4.71. The number of nitrogens with zero attached hydrogens (tertiary/aromatic N) is 1. The van der Waals surface area contributed by atoms with E-state index in [1.165, 1.54) is 12.1 Å². The molecule has 1 aromatic carbocycles. The molecule has 3 rings (SSSR count). The number of carboxylic acids is 1. The average Bonchev–Trinajstić information content (AvgIpc) is 2.91. The van der Waals surface area contributed by atoms with E-state index >= 15 is 0 Å². The van der Waals surface area contributed by atoms with E-state index in [1.54, 1.807) is 17.0 Å². The number of aliphatic carboxylic acids is 1. The van der Waals surface area contributed by atoms with Gasteiger partial charge in [-0.2, -0.15) is 0 Å². The molecule has 0 aliphatic carbocycles. The monoisotopic (exact) mass is 307 g/mol. The number of carbonyl (C=O) groups is 2. The zero-order chi connectivity index (χ0) is 15.7. The van der Waals surface area contributed by atoms with Crippen LogP contribution in [0.25, 0.3) is 0 Å². The average molecular weight is 307 g/mol. The molecule has 0 saturated carbocycles. The number of hydrogen-bond donors (Lipinski definition) is 1. The van der Waals surface area contributed by atoms with Gasteiger partial charge in [0.05, 0.1) is 13.0 Å². The highest BCUT2D eigenvalue weighted by Crippen LogP contribution is 2.41. The minimum Gasteiger partial charge on any atom is -0.481 e. The van der Waals surface area contributed by atoms with Crippen LogP contribution in [0.3, 0.4) is 0 Å². The quantitative estimate of drug-likeness (QED) is 0.914. The first kappa shape index (κ1) is 15.0. The Hall–Kier alpha value is -1.95. The molecule has 118 valence electrons. The van der Waals surface area contributed by atoms with Crippen molar-refractivity contribution in [3.05, 3.63) is 35.6 Å². The Morgan fingerprint density at radius 3 is 2.73 bits per heavy atom. The van der Waals surface area contributed by atoms with Crippen molar-refractivity contribution in [1.82, 2.24) is 4.90 Å². The van der Waals surface area contributed by atoms with Gasteiger partial charge in [-0.3, -0.25) is 9.59 Å². The highest BCUT2D eigenvalue weighted by Gasteiger charge is 2.55. The second-order valence-corrected chi connectivity index (χ2v) is 6.08. The van der Waals surface area contributed by atoms with Gasteiger partial charge in [-0.15, -0.1) is 0 Å². The SMILES string of the molecule is O=C(Cc1ccc(F)cc1)N1C[C@@H]2CCOC[C@]2(C(=O)O)C1. The lowest BCUT2D eigenvalue weighted by molar-refractivity contribution is -0.159. The Morgan fingerprint density at radius 1 is 1.36 bits per heavy atom. The number of carbonyl (C=O) groups excluding carboxylic acids is 1. The number of fused-ring (bicyclic) bond motifs is 1. The molecule has 6 heteroatoms. The van der Waals surface area contributed by atoms with E-state index in [2.05, 4.69) is 0 Å². The summed E-state index contributed by atoms with van der Waals surface area (Å²) in [6.07, 6.45) is 0.816. The predicted molar refractivity (Wildman–Crippen MR) is 75.7 cm³/mol. The Morgan fingerprint density at radius 2 is 2.09 bits per heavy atom. The molecule has 5 nitrogen and oxygen atoms in total. The highest BCUT2D eigenvalue weighted by molar-refractivity contribution is 5.82. The number of halogens is 1. The van der Waals surface area contributed by atoms with Crippen LogP contribution in [0, 0.1) is 17.2 Å². The summed E-state index contributed by atoms with van der Waals surface area (Å²) >= 11 is 0. The topological polar surface area (TPSA) is 66.8 Å². The van der Waals surface area contributed by atoms with Crippen molar-refractivity contribution in [2.75, 3.05) is 26.3 Å². The molecule has 2 aliphatic rings. The summed E-state index contributed by atoms with van der Waals surface area (Å²) in [5.74, 6) is -1.42. The largest absolute Gasteiger partial charge is 0.481 e. The van der Waals surface area contributed by atoms with Crippen LogP contribution in [0.4, 0.5) is 4.39 Å². The predicted octanol–water partition coefficient (Wildman–Crippen LogP) is 1.32. The molecule has 0 aromatic heterocycles. The van der Waals surface area contributed by atoms with E-state index in [4.69, 9.17) is 4.74 Å². The maximum Gasteiger partial charge on any atom is 0.314 e. The molecule has 2 heterocycles. The van der Waals surface area contributed by atoms with E-state index in [1.807, 2.05) is 0 Å². The second kappa shape index (κ2) is 5.68. The molecule has 1 amide bonds. The lowest BCUT2D eigenvalue weighted by Gasteiger charge is -2.33. The summed E-state index contributed by atoms with van der Waals surface area (Å²) in [5, 5.41) is 9.56. The van der Waals surface area contributed by atoms with Gasteiger partial charge < -0.3 is 14.7 Å². The molecule has 22 heavy (non-hydrogen) atoms. The summed E-state index contributed by atoms with van der Waals surface area (Å²) in [7, 11) is 0. The molecular weight excluding hydrogens is 289 g/mol. The van der Waals surface area contributed by atoms with Gasteiger partial charge in [0.2, 0.25) is 5.91 Å². The first-order valence-corrected chi connectivity index (χ1v) is 7.35. The van der Waals surface area contributed by atoms with Crippen molar-refractivity contribution in [3.8, 4) is 0 Å². The molecule has 1 aromatic rings. The highest BCUT2D eigenvalue weighted by atomic mass is 19.1. The van der Waals surface area contributed by atoms with Gasteiger partial charge in [0, 0.05) is 19.7 Å². The summed E-state index contributed by atoms with van der Waals surface area (Å²) in [4.78, 5) is 25.7. The Labute approximate surface area is 127 Å². The van der Waals surface area contributed by atoms with Crippen molar-refractivity contribution in [3.63, 3.8) is 0 Å². The molecule has 0 unspecified atom stereocenters. The molecular formula is C16H18FNO4. The van der Waals surface area contributed by atoms with E-state index in [0.29, 0.717) is 19.6 Å². The van der Waals surface area contributed by atoms with E-state index < -0.39 is 11.4 Å². The van der Waals surface area contributed by atoms with Crippen LogP contribution < -0.4 is 0 Å². The van der Waals surface area contributed by atoms with E-state index in [0.717, 1.165) is 5.56 Å². The first-order valence-electron chi connectivity index (χ1n) is 7.35. The number of likely N-dealkylation sites (tertiary alicyclic amines) is 1. The number of amides is 1. The van der Waals surface area contributed by atoms with Crippen molar-refractivity contribution >= 4 is 11.9 Å². The molecule has 2 fully saturated rings. The van der Waals surface area contributed by atoms with Gasteiger partial charge >= 0.3 is 5.97 Å². The molecule has 0 spiro atoms. The third-order valence-electron chi connectivity index (χ3n) is 4.71. The Balaban J connectivity index is 1.72. The van der Waals surface area contributed by atoms with Crippen molar-refractivity contribution in [2.45, 2.75) is 12.8 Å². The maximum atomic E-state index is 12.9. The maximum absolute atomic E-state index is 12.9. The summed E-state index contributed by atoms with van der Waals surface area (Å²) < 4.78 is 18.2. The van der Waals surface area contributed by atoms with Gasteiger partial charge in [-0.1, -0.05) is 12.1 Å². The van der Waals surface area contributed by atoms with Gasteiger partial charge in [0.25, 0.3) is 0 Å². The standard InChI is InChI=1S/C16H18FNO4/c17-13-3-1-11(2-4-13)7-14(19)18-8-12-5-6-22-10-16(12,9-18)15(20)21/h1-4,12H,5-10H2,(H,20,21)/t12-,16+/m0/s1. The van der Waals surface area contributed by atoms with Crippen LogP contribution in [-0.2, 0) is 20.7 Å². The lowest BCUT2D eigenvalue weighted by Crippen LogP contribution is -2.46. The first-order chi connectivity index (χ1) is 10.5. The normalized spacial score (nSPS) is 27.5. The fraction of sp³-hybridized carbons (Fsp3) is 0.500. The van der Waals surface area contributed by atoms with Gasteiger partial charge in [0.1, 0.15) is 11.2 Å². The van der Waals surface area contributed by atoms with Crippen molar-refractivity contribution in [2.24, 2.45) is 11.3 Å². The van der Waals surface area contributed by atoms with Gasteiger partial charge in [0.15, 0.2) is 0 Å². The van der Waals surface area contributed by atoms with Crippen LogP contribution in [0.5, 0.6) is 0 Å². The van der Waals surface area contributed by atoms with Crippen LogP contribution in [0.1, 0.15) is 12.0 Å². The summed E-state index contributed by atoms with van der Waals surface area (Å²) in [5.41, 5.74) is -0.252. The molecule has 0 radical (unpaired) electrons. The number of ether oxygens (including phenoxy) is 1. The van der Waals surface area contributed by atoms with Crippen LogP contribution in [0.2, 0.25) is 0 Å². The van der Waals surface area contributed by atoms with Crippen LogP contribution in [0.15, 0.2) is 24.3 Å². The number of benzene rings is 1. The summed E-state index contributed by atoms with van der Waals surface area (Å²) in [6, 6.07) is 5.79.